The van der Waals surface area contributed by atoms with E-state index in [0.717, 1.165) is 13.8 Å². The van der Waals surface area contributed by atoms with Gasteiger partial charge in [0.15, 0.2) is 0 Å². The van der Waals surface area contributed by atoms with Gasteiger partial charge in [0.1, 0.15) is 0 Å². The number of nitrogens with zero attached hydrogens (tertiary/aromatic N) is 2. The molecular formula is C6H6Cl2N2O4. The Morgan fingerprint density at radius 3 is 1.43 bits per heavy atom. The Morgan fingerprint density at radius 1 is 0.929 bits per heavy atom. The predicted molar refractivity (Wildman–Crippen MR) is 50.1 cm³/mol. The van der Waals surface area contributed by atoms with Gasteiger partial charge in [0.05, 0.1) is 0 Å². The second-order valence-electron chi connectivity index (χ2n) is 1.93. The highest BCUT2D eigenvalue weighted by Gasteiger charge is 2.06. The van der Waals surface area contributed by atoms with Crippen molar-refractivity contribution in [2.45, 2.75) is 13.8 Å². The number of rotatable bonds is 3. The molecule has 0 heterocycles. The maximum atomic E-state index is 10.3. The van der Waals surface area contributed by atoms with E-state index in [4.69, 9.17) is 23.2 Å². The SMILES string of the molecule is CC(=O)O/N=C(Cl)/C(Cl)=N/OC(C)=O. The predicted octanol–water partition coefficient (Wildman–Crippen LogP) is 1.22. The molecule has 0 bridgehead atoms. The number of oxime groups is 2. The van der Waals surface area contributed by atoms with Crippen LogP contribution in [-0.4, -0.2) is 22.3 Å². The van der Waals surface area contributed by atoms with Gasteiger partial charge in [-0.15, -0.1) is 0 Å². The summed E-state index contributed by atoms with van der Waals surface area (Å²) in [5.41, 5.74) is 0. The van der Waals surface area contributed by atoms with Gasteiger partial charge in [-0.05, 0) is 0 Å². The number of hydrogen-bond donors (Lipinski definition) is 0. The Morgan fingerprint density at radius 2 is 1.21 bits per heavy atom. The Kier molecular flexibility index (Phi) is 5.82. The zero-order chi connectivity index (χ0) is 11.1. The summed E-state index contributed by atoms with van der Waals surface area (Å²) in [5.74, 6) is -1.33. The van der Waals surface area contributed by atoms with E-state index in [2.05, 4.69) is 20.0 Å². The molecular weight excluding hydrogens is 235 g/mol. The number of carbonyl (C=O) groups is 2. The van der Waals surface area contributed by atoms with Crippen LogP contribution in [0.5, 0.6) is 0 Å². The standard InChI is InChI=1S/C6H6Cl2N2O4/c1-3(11)13-9-5(7)6(8)10-14-4(2)12/h1-2H3/b9-5-,10-6-. The molecule has 0 aliphatic carbocycles. The number of halogens is 2. The van der Waals surface area contributed by atoms with Crippen molar-refractivity contribution < 1.29 is 19.3 Å². The van der Waals surface area contributed by atoms with Gasteiger partial charge in [0.2, 0.25) is 10.3 Å². The van der Waals surface area contributed by atoms with Gasteiger partial charge >= 0.3 is 11.9 Å². The largest absolute Gasteiger partial charge is 0.332 e. The van der Waals surface area contributed by atoms with E-state index in [1.807, 2.05) is 0 Å². The first-order chi connectivity index (χ1) is 6.43. The molecule has 0 fully saturated rings. The van der Waals surface area contributed by atoms with Crippen molar-refractivity contribution in [2.24, 2.45) is 10.3 Å². The fraction of sp³-hybridized carbons (Fsp3) is 0.333. The average molecular weight is 241 g/mol. The second-order valence-corrected chi connectivity index (χ2v) is 2.65. The topological polar surface area (TPSA) is 77.3 Å². The molecule has 0 amide bonds. The van der Waals surface area contributed by atoms with Crippen molar-refractivity contribution in [2.75, 3.05) is 0 Å². The molecule has 0 aliphatic heterocycles. The lowest BCUT2D eigenvalue weighted by Crippen LogP contribution is -2.04. The lowest BCUT2D eigenvalue weighted by molar-refractivity contribution is -0.142. The van der Waals surface area contributed by atoms with Crippen molar-refractivity contribution in [3.63, 3.8) is 0 Å². The monoisotopic (exact) mass is 240 g/mol. The molecule has 0 N–H and O–H groups in total. The zero-order valence-corrected chi connectivity index (χ0v) is 8.80. The van der Waals surface area contributed by atoms with E-state index < -0.39 is 22.3 Å². The highest BCUT2D eigenvalue weighted by atomic mass is 35.5. The minimum atomic E-state index is -0.667. The first kappa shape index (κ1) is 12.9. The zero-order valence-electron chi connectivity index (χ0n) is 7.28. The Hall–Kier alpha value is -1.14. The third-order valence-corrected chi connectivity index (χ3v) is 1.27. The average Bonchev–Trinajstić information content (AvgIpc) is 2.09. The van der Waals surface area contributed by atoms with Crippen LogP contribution in [0.2, 0.25) is 0 Å². The maximum absolute atomic E-state index is 10.3. The van der Waals surface area contributed by atoms with Crippen molar-refractivity contribution >= 4 is 45.5 Å². The molecule has 0 saturated carbocycles. The van der Waals surface area contributed by atoms with Gasteiger partial charge in [-0.25, -0.2) is 9.59 Å². The van der Waals surface area contributed by atoms with E-state index in [1.54, 1.807) is 0 Å². The van der Waals surface area contributed by atoms with Gasteiger partial charge in [-0.3, -0.25) is 0 Å². The number of carbonyl (C=O) groups excluding carboxylic acids is 2. The van der Waals surface area contributed by atoms with Gasteiger partial charge in [-0.2, -0.15) is 0 Å². The highest BCUT2D eigenvalue weighted by Crippen LogP contribution is 1.98. The van der Waals surface area contributed by atoms with E-state index in [1.165, 1.54) is 0 Å². The Bertz CT molecular complexity index is 270. The van der Waals surface area contributed by atoms with Crippen LogP contribution in [0.1, 0.15) is 13.8 Å². The lowest BCUT2D eigenvalue weighted by Gasteiger charge is -1.94. The third-order valence-electron chi connectivity index (χ3n) is 0.679. The second kappa shape index (κ2) is 6.33. The third kappa shape index (κ3) is 6.38. The quantitative estimate of drug-likeness (QED) is 0.422. The van der Waals surface area contributed by atoms with Gasteiger partial charge in [0, 0.05) is 13.8 Å². The fourth-order valence-electron chi connectivity index (χ4n) is 0.284. The molecule has 0 aromatic carbocycles. The molecule has 0 atom stereocenters. The summed E-state index contributed by atoms with van der Waals surface area (Å²) in [7, 11) is 0. The molecule has 0 spiro atoms. The van der Waals surface area contributed by atoms with E-state index in [9.17, 15) is 9.59 Å². The Balaban J connectivity index is 4.29. The van der Waals surface area contributed by atoms with Crippen molar-refractivity contribution in [3.8, 4) is 0 Å². The minimum absolute atomic E-state index is 0.400. The maximum Gasteiger partial charge on any atom is 0.332 e. The van der Waals surface area contributed by atoms with Crippen molar-refractivity contribution in [3.05, 3.63) is 0 Å². The van der Waals surface area contributed by atoms with Crippen LogP contribution in [0.15, 0.2) is 10.3 Å². The molecule has 8 heteroatoms. The van der Waals surface area contributed by atoms with E-state index >= 15 is 0 Å². The van der Waals surface area contributed by atoms with Gasteiger partial charge < -0.3 is 9.68 Å². The summed E-state index contributed by atoms with van der Waals surface area (Å²) in [4.78, 5) is 28.8. The molecule has 0 aliphatic rings. The fourth-order valence-corrected chi connectivity index (χ4v) is 0.422. The molecule has 0 aromatic rings. The van der Waals surface area contributed by atoms with Crippen LogP contribution >= 0.6 is 23.2 Å². The molecule has 0 aromatic heterocycles. The van der Waals surface area contributed by atoms with Gasteiger partial charge in [-0.1, -0.05) is 33.5 Å². The molecule has 6 nitrogen and oxygen atoms in total. The number of hydrogen-bond acceptors (Lipinski definition) is 6. The molecule has 14 heavy (non-hydrogen) atoms. The molecule has 78 valence electrons. The summed E-state index contributed by atoms with van der Waals surface area (Å²) in [6.07, 6.45) is 0. The Labute approximate surface area is 89.4 Å². The van der Waals surface area contributed by atoms with Crippen LogP contribution in [0.25, 0.3) is 0 Å². The summed E-state index contributed by atoms with van der Waals surface area (Å²) < 4.78 is 0. The molecule has 0 unspecified atom stereocenters. The summed E-state index contributed by atoms with van der Waals surface area (Å²) in [6, 6.07) is 0. The van der Waals surface area contributed by atoms with Gasteiger partial charge in [0.25, 0.3) is 0 Å². The molecule has 0 rings (SSSR count). The van der Waals surface area contributed by atoms with E-state index in [-0.39, 0.29) is 0 Å². The van der Waals surface area contributed by atoms with Crippen LogP contribution in [0.3, 0.4) is 0 Å². The molecule has 0 saturated heterocycles. The minimum Gasteiger partial charge on any atom is -0.317 e. The highest BCUT2D eigenvalue weighted by molar-refractivity contribution is 7.00. The van der Waals surface area contributed by atoms with Crippen LogP contribution < -0.4 is 0 Å². The van der Waals surface area contributed by atoms with Crippen LogP contribution in [0, 0.1) is 0 Å². The normalized spacial score (nSPS) is 12.3. The van der Waals surface area contributed by atoms with Crippen molar-refractivity contribution in [1.29, 1.82) is 0 Å². The van der Waals surface area contributed by atoms with Crippen molar-refractivity contribution in [1.82, 2.24) is 0 Å². The summed E-state index contributed by atoms with van der Waals surface area (Å²) >= 11 is 10.8. The van der Waals surface area contributed by atoms with Crippen LogP contribution in [0.4, 0.5) is 0 Å². The first-order valence-electron chi connectivity index (χ1n) is 3.26. The summed E-state index contributed by atoms with van der Waals surface area (Å²) in [6.45, 7) is 2.26. The summed E-state index contributed by atoms with van der Waals surface area (Å²) in [5, 5.41) is 5.36. The first-order valence-corrected chi connectivity index (χ1v) is 4.01. The van der Waals surface area contributed by atoms with Crippen LogP contribution in [-0.2, 0) is 19.3 Å². The smallest absolute Gasteiger partial charge is 0.317 e. The van der Waals surface area contributed by atoms with E-state index in [0.29, 0.717) is 0 Å². The molecule has 0 radical (unpaired) electrons. The lowest BCUT2D eigenvalue weighted by atomic mass is 10.8.